The van der Waals surface area contributed by atoms with Crippen LogP contribution >= 0.6 is 11.6 Å². The number of halogens is 1. The van der Waals surface area contributed by atoms with E-state index in [2.05, 4.69) is 34.0 Å². The van der Waals surface area contributed by atoms with Crippen molar-refractivity contribution in [2.45, 2.75) is 19.8 Å². The Hall–Kier alpha value is -2.96. The van der Waals surface area contributed by atoms with Crippen molar-refractivity contribution in [3.63, 3.8) is 0 Å². The number of pyridine rings is 2. The highest BCUT2D eigenvalue weighted by Crippen LogP contribution is 2.32. The molecule has 1 aromatic carbocycles. The second-order valence-electron chi connectivity index (χ2n) is 7.74. The number of nitrogens with one attached hydrogen (secondary N) is 1. The van der Waals surface area contributed by atoms with Crippen molar-refractivity contribution >= 4 is 29.0 Å². The molecule has 3 aromatic rings. The van der Waals surface area contributed by atoms with Crippen LogP contribution in [-0.2, 0) is 4.74 Å². The van der Waals surface area contributed by atoms with Crippen LogP contribution in [-0.4, -0.2) is 42.2 Å². The minimum atomic E-state index is -0.223. The van der Waals surface area contributed by atoms with Gasteiger partial charge in [-0.15, -0.1) is 0 Å². The SMILES string of the molecule is CC(C)c1ccc(NC(=O)c2c(-c3ccc(Cl)cc3)ccnc2N2CCOCC2)cn1. The van der Waals surface area contributed by atoms with E-state index in [0.29, 0.717) is 54.3 Å². The Balaban J connectivity index is 1.73. The Kier molecular flexibility index (Phi) is 6.49. The first kappa shape index (κ1) is 21.3. The van der Waals surface area contributed by atoms with Crippen LogP contribution in [0, 0.1) is 0 Å². The molecule has 3 heterocycles. The van der Waals surface area contributed by atoms with Gasteiger partial charge in [0.1, 0.15) is 5.82 Å². The summed E-state index contributed by atoms with van der Waals surface area (Å²) in [7, 11) is 0. The Morgan fingerprint density at radius 1 is 1.06 bits per heavy atom. The van der Waals surface area contributed by atoms with Crippen molar-refractivity contribution in [3.8, 4) is 11.1 Å². The van der Waals surface area contributed by atoms with E-state index in [1.807, 2.05) is 42.5 Å². The van der Waals surface area contributed by atoms with E-state index in [-0.39, 0.29) is 5.91 Å². The van der Waals surface area contributed by atoms with Crippen LogP contribution in [0.3, 0.4) is 0 Å². The van der Waals surface area contributed by atoms with E-state index in [1.54, 1.807) is 12.4 Å². The van der Waals surface area contributed by atoms with Crippen LogP contribution in [0.15, 0.2) is 54.9 Å². The third kappa shape index (κ3) is 4.86. The van der Waals surface area contributed by atoms with Crippen molar-refractivity contribution in [1.29, 1.82) is 0 Å². The summed E-state index contributed by atoms with van der Waals surface area (Å²) < 4.78 is 5.48. The number of morpholine rings is 1. The van der Waals surface area contributed by atoms with Crippen LogP contribution in [0.4, 0.5) is 11.5 Å². The van der Waals surface area contributed by atoms with Crippen LogP contribution in [0.25, 0.3) is 11.1 Å². The van der Waals surface area contributed by atoms with Crippen molar-refractivity contribution in [2.24, 2.45) is 0 Å². The lowest BCUT2D eigenvalue weighted by atomic mass is 9.99. The number of hydrogen-bond acceptors (Lipinski definition) is 5. The summed E-state index contributed by atoms with van der Waals surface area (Å²) in [5.74, 6) is 0.756. The molecule has 4 rings (SSSR count). The molecule has 1 aliphatic rings. The summed E-state index contributed by atoms with van der Waals surface area (Å²) in [4.78, 5) is 24.6. The highest BCUT2D eigenvalue weighted by atomic mass is 35.5. The Morgan fingerprint density at radius 3 is 2.45 bits per heavy atom. The van der Waals surface area contributed by atoms with Crippen LogP contribution < -0.4 is 10.2 Å². The number of carbonyl (C=O) groups is 1. The summed E-state index contributed by atoms with van der Waals surface area (Å²) >= 11 is 6.08. The highest BCUT2D eigenvalue weighted by Gasteiger charge is 2.24. The van der Waals surface area contributed by atoms with E-state index < -0.39 is 0 Å². The third-order valence-corrected chi connectivity index (χ3v) is 5.51. The van der Waals surface area contributed by atoms with Gasteiger partial charge in [0.05, 0.1) is 30.7 Å². The van der Waals surface area contributed by atoms with Gasteiger partial charge in [0.25, 0.3) is 5.91 Å². The monoisotopic (exact) mass is 436 g/mol. The van der Waals surface area contributed by atoms with Gasteiger partial charge in [-0.3, -0.25) is 9.78 Å². The summed E-state index contributed by atoms with van der Waals surface area (Å²) in [5.41, 5.74) is 3.86. The molecule has 31 heavy (non-hydrogen) atoms. The van der Waals surface area contributed by atoms with Gasteiger partial charge in [0.2, 0.25) is 0 Å². The average molecular weight is 437 g/mol. The first-order valence-corrected chi connectivity index (χ1v) is 10.8. The minimum absolute atomic E-state index is 0.223. The van der Waals surface area contributed by atoms with Crippen molar-refractivity contribution in [3.05, 3.63) is 71.1 Å². The molecule has 1 N–H and O–H groups in total. The Labute approximate surface area is 187 Å². The molecule has 1 aliphatic heterocycles. The van der Waals surface area contributed by atoms with Gasteiger partial charge >= 0.3 is 0 Å². The second-order valence-corrected chi connectivity index (χ2v) is 8.18. The van der Waals surface area contributed by atoms with Crippen LogP contribution in [0.5, 0.6) is 0 Å². The maximum absolute atomic E-state index is 13.5. The molecule has 0 radical (unpaired) electrons. The van der Waals surface area contributed by atoms with Gasteiger partial charge in [0.15, 0.2) is 0 Å². The summed E-state index contributed by atoms with van der Waals surface area (Å²) in [6, 6.07) is 13.2. The number of ether oxygens (including phenoxy) is 1. The number of carbonyl (C=O) groups excluding carboxylic acids is 1. The van der Waals surface area contributed by atoms with Crippen molar-refractivity contribution in [1.82, 2.24) is 9.97 Å². The number of amides is 1. The van der Waals surface area contributed by atoms with E-state index in [4.69, 9.17) is 16.3 Å². The van der Waals surface area contributed by atoms with Crippen LogP contribution in [0.2, 0.25) is 5.02 Å². The maximum atomic E-state index is 13.5. The molecular formula is C24H25ClN4O2. The lowest BCUT2D eigenvalue weighted by Crippen LogP contribution is -2.38. The molecule has 160 valence electrons. The minimum Gasteiger partial charge on any atom is -0.378 e. The zero-order chi connectivity index (χ0) is 21.8. The molecule has 0 saturated carbocycles. The lowest BCUT2D eigenvalue weighted by Gasteiger charge is -2.30. The molecule has 7 heteroatoms. The quantitative estimate of drug-likeness (QED) is 0.609. The smallest absolute Gasteiger partial charge is 0.260 e. The average Bonchev–Trinajstić information content (AvgIpc) is 2.80. The fourth-order valence-electron chi connectivity index (χ4n) is 3.57. The van der Waals surface area contributed by atoms with Gasteiger partial charge < -0.3 is 15.0 Å². The van der Waals surface area contributed by atoms with Crippen molar-refractivity contribution < 1.29 is 9.53 Å². The molecule has 1 saturated heterocycles. The fourth-order valence-corrected chi connectivity index (χ4v) is 3.70. The number of hydrogen-bond donors (Lipinski definition) is 1. The highest BCUT2D eigenvalue weighted by molar-refractivity contribution is 6.30. The number of rotatable bonds is 5. The summed E-state index contributed by atoms with van der Waals surface area (Å²) in [6.45, 7) is 6.75. The molecule has 1 fully saturated rings. The van der Waals surface area contributed by atoms with E-state index in [0.717, 1.165) is 16.8 Å². The third-order valence-electron chi connectivity index (χ3n) is 5.26. The Morgan fingerprint density at radius 2 is 1.81 bits per heavy atom. The van der Waals surface area contributed by atoms with E-state index >= 15 is 0 Å². The fraction of sp³-hybridized carbons (Fsp3) is 0.292. The van der Waals surface area contributed by atoms with Crippen molar-refractivity contribution in [2.75, 3.05) is 36.5 Å². The number of aromatic nitrogens is 2. The number of anilines is 2. The van der Waals surface area contributed by atoms with Gasteiger partial charge in [-0.1, -0.05) is 37.6 Å². The summed E-state index contributed by atoms with van der Waals surface area (Å²) in [5, 5.41) is 3.65. The normalized spacial score (nSPS) is 14.0. The molecule has 0 spiro atoms. The molecule has 2 aromatic heterocycles. The standard InChI is InChI=1S/C24H25ClN4O2/c1-16(2)21-8-7-19(15-27-21)28-24(30)22-20(17-3-5-18(25)6-4-17)9-10-26-23(22)29-11-13-31-14-12-29/h3-10,15-16H,11-14H2,1-2H3,(H,28,30). The predicted octanol–water partition coefficient (Wildman–Crippen LogP) is 5.01. The van der Waals surface area contributed by atoms with Gasteiger partial charge in [-0.25, -0.2) is 4.98 Å². The molecule has 6 nitrogen and oxygen atoms in total. The molecule has 0 aliphatic carbocycles. The largest absolute Gasteiger partial charge is 0.378 e. The second kappa shape index (κ2) is 9.45. The first-order chi connectivity index (χ1) is 15.0. The zero-order valence-corrected chi connectivity index (χ0v) is 18.4. The van der Waals surface area contributed by atoms with Gasteiger partial charge in [-0.05, 0) is 47.4 Å². The van der Waals surface area contributed by atoms with Crippen LogP contribution in [0.1, 0.15) is 35.8 Å². The molecular weight excluding hydrogens is 412 g/mol. The van der Waals surface area contributed by atoms with Gasteiger partial charge in [-0.2, -0.15) is 0 Å². The van der Waals surface area contributed by atoms with E-state index in [9.17, 15) is 4.79 Å². The molecule has 0 unspecified atom stereocenters. The molecule has 1 amide bonds. The lowest BCUT2D eigenvalue weighted by molar-refractivity contribution is 0.102. The predicted molar refractivity (Wildman–Crippen MR) is 124 cm³/mol. The zero-order valence-electron chi connectivity index (χ0n) is 17.6. The number of benzene rings is 1. The molecule has 0 bridgehead atoms. The van der Waals surface area contributed by atoms with Gasteiger partial charge in [0, 0.05) is 30.0 Å². The number of nitrogens with zero attached hydrogens (tertiary/aromatic N) is 3. The van der Waals surface area contributed by atoms with E-state index in [1.165, 1.54) is 0 Å². The topological polar surface area (TPSA) is 67.4 Å². The molecule has 0 atom stereocenters. The Bertz CT molecular complexity index is 1050. The summed E-state index contributed by atoms with van der Waals surface area (Å²) in [6.07, 6.45) is 3.43. The first-order valence-electron chi connectivity index (χ1n) is 10.4. The maximum Gasteiger partial charge on any atom is 0.260 e.